The number of nitrogens with zero attached hydrogens (tertiary/aromatic N) is 2. The first-order valence-corrected chi connectivity index (χ1v) is 12.3. The van der Waals surface area contributed by atoms with E-state index in [0.717, 1.165) is 56.6 Å². The summed E-state index contributed by atoms with van der Waals surface area (Å²) in [6.07, 6.45) is 3.81. The molecule has 0 radical (unpaired) electrons. The SMILES string of the molecule is COc1ccccc1-c1ccccc1CN1CCC2(CC1)CC(Cc1ccccc1)N(C)C2=O. The van der Waals surface area contributed by atoms with Crippen LogP contribution in [-0.2, 0) is 17.8 Å². The molecule has 0 saturated carbocycles. The van der Waals surface area contributed by atoms with Crippen LogP contribution in [0.4, 0.5) is 0 Å². The van der Waals surface area contributed by atoms with E-state index in [4.69, 9.17) is 4.74 Å². The molecule has 0 aromatic heterocycles. The smallest absolute Gasteiger partial charge is 0.228 e. The third-order valence-electron chi connectivity index (χ3n) is 7.88. The minimum Gasteiger partial charge on any atom is -0.496 e. The van der Waals surface area contributed by atoms with Crippen LogP contribution < -0.4 is 4.74 Å². The molecule has 1 amide bonds. The Labute approximate surface area is 203 Å². The van der Waals surface area contributed by atoms with Gasteiger partial charge >= 0.3 is 0 Å². The fourth-order valence-corrected chi connectivity index (χ4v) is 5.90. The Morgan fingerprint density at radius 3 is 2.26 bits per heavy atom. The molecule has 1 atom stereocenters. The van der Waals surface area contributed by atoms with Gasteiger partial charge in [0.2, 0.25) is 5.91 Å². The van der Waals surface area contributed by atoms with Crippen molar-refractivity contribution in [3.8, 4) is 16.9 Å². The monoisotopic (exact) mass is 454 g/mol. The van der Waals surface area contributed by atoms with Crippen LogP contribution in [0.2, 0.25) is 0 Å². The molecule has 0 aliphatic carbocycles. The summed E-state index contributed by atoms with van der Waals surface area (Å²) in [5.41, 5.74) is 4.78. The van der Waals surface area contributed by atoms with E-state index in [1.807, 2.05) is 24.1 Å². The Bertz CT molecular complexity index is 1140. The molecule has 34 heavy (non-hydrogen) atoms. The van der Waals surface area contributed by atoms with Gasteiger partial charge in [-0.05, 0) is 61.5 Å². The number of carbonyl (C=O) groups excluding carboxylic acids is 1. The lowest BCUT2D eigenvalue weighted by Gasteiger charge is -2.38. The number of hydrogen-bond donors (Lipinski definition) is 0. The lowest BCUT2D eigenvalue weighted by atomic mass is 9.75. The molecule has 1 spiro atoms. The van der Waals surface area contributed by atoms with E-state index in [1.54, 1.807) is 7.11 Å². The summed E-state index contributed by atoms with van der Waals surface area (Å²) in [6.45, 7) is 2.80. The van der Waals surface area contributed by atoms with Crippen molar-refractivity contribution >= 4 is 5.91 Å². The molecule has 2 fully saturated rings. The van der Waals surface area contributed by atoms with Crippen LogP contribution in [0.3, 0.4) is 0 Å². The van der Waals surface area contributed by atoms with E-state index in [9.17, 15) is 4.79 Å². The van der Waals surface area contributed by atoms with Crippen molar-refractivity contribution in [1.29, 1.82) is 0 Å². The molecule has 2 saturated heterocycles. The summed E-state index contributed by atoms with van der Waals surface area (Å²) >= 11 is 0. The van der Waals surface area contributed by atoms with Gasteiger partial charge < -0.3 is 9.64 Å². The molecule has 5 rings (SSSR count). The minimum absolute atomic E-state index is 0.188. The van der Waals surface area contributed by atoms with Crippen LogP contribution in [0.1, 0.15) is 30.4 Å². The number of amides is 1. The summed E-state index contributed by atoms with van der Waals surface area (Å²) in [5, 5.41) is 0. The van der Waals surface area contributed by atoms with E-state index in [2.05, 4.69) is 71.6 Å². The summed E-state index contributed by atoms with van der Waals surface area (Å²) in [5.74, 6) is 1.25. The Balaban J connectivity index is 1.27. The quantitative estimate of drug-likeness (QED) is 0.499. The lowest BCUT2D eigenvalue weighted by molar-refractivity contribution is -0.137. The largest absolute Gasteiger partial charge is 0.496 e. The van der Waals surface area contributed by atoms with Gasteiger partial charge in [-0.1, -0.05) is 72.8 Å². The number of piperidine rings is 1. The Hall–Kier alpha value is -3.11. The zero-order valence-electron chi connectivity index (χ0n) is 20.2. The number of para-hydroxylation sites is 1. The maximum atomic E-state index is 13.4. The highest BCUT2D eigenvalue weighted by Crippen LogP contribution is 2.45. The third-order valence-corrected chi connectivity index (χ3v) is 7.88. The molecule has 2 aliphatic heterocycles. The van der Waals surface area contributed by atoms with Crippen LogP contribution in [0.15, 0.2) is 78.9 Å². The van der Waals surface area contributed by atoms with Gasteiger partial charge in [0.05, 0.1) is 12.5 Å². The maximum Gasteiger partial charge on any atom is 0.228 e. The van der Waals surface area contributed by atoms with Gasteiger partial charge in [0.25, 0.3) is 0 Å². The van der Waals surface area contributed by atoms with E-state index >= 15 is 0 Å². The standard InChI is InChI=1S/C30H34N2O2/c1-31-25(20-23-10-4-3-5-11-23)21-30(29(31)33)16-18-32(19-17-30)22-24-12-6-7-13-26(24)27-14-8-9-15-28(27)34-2/h3-15,25H,16-22H2,1-2H3. The van der Waals surface area contributed by atoms with Gasteiger partial charge in [0.15, 0.2) is 0 Å². The van der Waals surface area contributed by atoms with E-state index in [-0.39, 0.29) is 5.41 Å². The molecule has 0 bridgehead atoms. The Kier molecular flexibility index (Phi) is 6.42. The van der Waals surface area contributed by atoms with Crippen molar-refractivity contribution in [2.45, 2.75) is 38.3 Å². The second kappa shape index (κ2) is 9.63. The molecule has 0 N–H and O–H groups in total. The first-order valence-electron chi connectivity index (χ1n) is 12.3. The minimum atomic E-state index is -0.188. The lowest BCUT2D eigenvalue weighted by Crippen LogP contribution is -2.43. The predicted molar refractivity (Wildman–Crippen MR) is 137 cm³/mol. The van der Waals surface area contributed by atoms with Crippen molar-refractivity contribution in [1.82, 2.24) is 9.80 Å². The van der Waals surface area contributed by atoms with Crippen molar-refractivity contribution in [2.24, 2.45) is 5.41 Å². The van der Waals surface area contributed by atoms with Gasteiger partial charge in [-0.3, -0.25) is 9.69 Å². The summed E-state index contributed by atoms with van der Waals surface area (Å²) in [6, 6.07) is 27.7. The van der Waals surface area contributed by atoms with Gasteiger partial charge in [-0.15, -0.1) is 0 Å². The number of hydrogen-bond acceptors (Lipinski definition) is 3. The number of carbonyl (C=O) groups is 1. The number of benzene rings is 3. The van der Waals surface area contributed by atoms with Crippen LogP contribution in [-0.4, -0.2) is 49.0 Å². The molecule has 4 heteroatoms. The molecule has 4 nitrogen and oxygen atoms in total. The van der Waals surface area contributed by atoms with Crippen LogP contribution in [0, 0.1) is 5.41 Å². The topological polar surface area (TPSA) is 32.8 Å². The third kappa shape index (κ3) is 4.35. The second-order valence-electron chi connectivity index (χ2n) is 9.88. The average Bonchev–Trinajstić information content (AvgIpc) is 3.11. The highest BCUT2D eigenvalue weighted by atomic mass is 16.5. The average molecular weight is 455 g/mol. The van der Waals surface area contributed by atoms with Crippen LogP contribution in [0.25, 0.3) is 11.1 Å². The van der Waals surface area contributed by atoms with Crippen molar-refractivity contribution in [3.05, 3.63) is 90.0 Å². The molecule has 3 aromatic carbocycles. The van der Waals surface area contributed by atoms with E-state index in [1.165, 1.54) is 16.7 Å². The molecule has 3 aromatic rings. The summed E-state index contributed by atoms with van der Waals surface area (Å²) < 4.78 is 5.63. The maximum absolute atomic E-state index is 13.4. The number of likely N-dealkylation sites (tertiary alicyclic amines) is 2. The van der Waals surface area contributed by atoms with Gasteiger partial charge in [-0.2, -0.15) is 0 Å². The number of methoxy groups -OCH3 is 1. The second-order valence-corrected chi connectivity index (χ2v) is 9.88. The van der Waals surface area contributed by atoms with E-state index < -0.39 is 0 Å². The molecule has 176 valence electrons. The fourth-order valence-electron chi connectivity index (χ4n) is 5.90. The van der Waals surface area contributed by atoms with E-state index in [0.29, 0.717) is 11.9 Å². The van der Waals surface area contributed by atoms with Gasteiger partial charge in [0, 0.05) is 25.2 Å². The molecular formula is C30H34N2O2. The van der Waals surface area contributed by atoms with Gasteiger partial charge in [0.1, 0.15) is 5.75 Å². The predicted octanol–water partition coefficient (Wildman–Crippen LogP) is 5.42. The summed E-state index contributed by atoms with van der Waals surface area (Å²) in [7, 11) is 3.73. The highest BCUT2D eigenvalue weighted by molar-refractivity contribution is 5.85. The van der Waals surface area contributed by atoms with Crippen LogP contribution >= 0.6 is 0 Å². The normalized spacial score (nSPS) is 20.1. The molecule has 2 aliphatic rings. The molecular weight excluding hydrogens is 420 g/mol. The van der Waals surface area contributed by atoms with Gasteiger partial charge in [-0.25, -0.2) is 0 Å². The molecule has 1 unspecified atom stereocenters. The molecule has 2 heterocycles. The number of ether oxygens (including phenoxy) is 1. The Morgan fingerprint density at radius 2 is 1.53 bits per heavy atom. The fraction of sp³-hybridized carbons (Fsp3) is 0.367. The first kappa shape index (κ1) is 22.7. The Morgan fingerprint density at radius 1 is 0.882 bits per heavy atom. The zero-order chi connectivity index (χ0) is 23.5. The number of likely N-dealkylation sites (N-methyl/N-ethyl adjacent to an activating group) is 1. The highest BCUT2D eigenvalue weighted by Gasteiger charge is 2.51. The van der Waals surface area contributed by atoms with Crippen LogP contribution in [0.5, 0.6) is 5.75 Å². The van der Waals surface area contributed by atoms with Crippen molar-refractivity contribution in [3.63, 3.8) is 0 Å². The first-order chi connectivity index (χ1) is 16.6. The van der Waals surface area contributed by atoms with Crippen molar-refractivity contribution in [2.75, 3.05) is 27.2 Å². The zero-order valence-corrected chi connectivity index (χ0v) is 20.2. The summed E-state index contributed by atoms with van der Waals surface area (Å²) in [4.78, 5) is 17.9. The van der Waals surface area contributed by atoms with Crippen molar-refractivity contribution < 1.29 is 9.53 Å². The number of rotatable bonds is 6.